The van der Waals surface area contributed by atoms with Crippen LogP contribution in [-0.4, -0.2) is 30.9 Å². The highest BCUT2D eigenvalue weighted by Crippen LogP contribution is 2.24. The van der Waals surface area contributed by atoms with Gasteiger partial charge in [0.2, 0.25) is 0 Å². The molecule has 1 N–H and O–H groups in total. The molecule has 0 aliphatic heterocycles. The number of esters is 1. The van der Waals surface area contributed by atoms with E-state index in [0.29, 0.717) is 31.8 Å². The van der Waals surface area contributed by atoms with Gasteiger partial charge in [-0.25, -0.2) is 4.79 Å². The summed E-state index contributed by atoms with van der Waals surface area (Å²) in [5.74, 6) is 0.418. The van der Waals surface area contributed by atoms with E-state index < -0.39 is 11.7 Å². The lowest BCUT2D eigenvalue weighted by molar-refractivity contribution is -0.143. The van der Waals surface area contributed by atoms with Crippen LogP contribution in [0.4, 0.5) is 4.79 Å². The number of hydrogen-bond donors (Lipinski definition) is 1. The largest absolute Gasteiger partial charge is 0.493 e. The summed E-state index contributed by atoms with van der Waals surface area (Å²) in [5, 5.41) is 2.71. The molecule has 1 aromatic carbocycles. The maximum Gasteiger partial charge on any atom is 0.407 e. The molecule has 0 saturated carbocycles. The molecule has 1 aromatic rings. The molecule has 0 bridgehead atoms. The first-order valence-electron chi connectivity index (χ1n) is 8.25. The summed E-state index contributed by atoms with van der Waals surface area (Å²) in [6.45, 7) is 8.26. The van der Waals surface area contributed by atoms with Crippen LogP contribution in [-0.2, 0) is 20.8 Å². The second kappa shape index (κ2) is 10.3. The topological polar surface area (TPSA) is 73.9 Å². The third-order valence-corrected chi connectivity index (χ3v) is 3.43. The van der Waals surface area contributed by atoms with Crippen LogP contribution in [0.25, 0.3) is 0 Å². The van der Waals surface area contributed by atoms with Gasteiger partial charge in [0.25, 0.3) is 0 Å². The fourth-order valence-corrected chi connectivity index (χ4v) is 2.26. The zero-order chi connectivity index (χ0) is 18.9. The number of rotatable bonds is 8. The van der Waals surface area contributed by atoms with Crippen LogP contribution in [0.2, 0.25) is 0 Å². The molecule has 0 saturated heterocycles. The van der Waals surface area contributed by atoms with Crippen molar-refractivity contribution in [3.05, 3.63) is 28.2 Å². The highest BCUT2D eigenvalue weighted by molar-refractivity contribution is 9.10. The number of ether oxygens (including phenoxy) is 3. The number of nitrogens with one attached hydrogen (secondary N) is 1. The minimum absolute atomic E-state index is 0.229. The van der Waals surface area contributed by atoms with Gasteiger partial charge in [0.05, 0.1) is 13.2 Å². The predicted molar refractivity (Wildman–Crippen MR) is 98.6 cm³/mol. The molecule has 0 aliphatic carbocycles. The number of carbonyl (C=O) groups is 2. The standard InChI is InChI=1S/C18H26BrNO5/c1-5-23-16(21)7-6-10-24-15-11-14(19)9-8-13(15)12-20-17(22)25-18(2,3)4/h8-9,11H,5-7,10,12H2,1-4H3,(H,20,22). The van der Waals surface area contributed by atoms with E-state index in [2.05, 4.69) is 21.2 Å². The fourth-order valence-electron chi connectivity index (χ4n) is 1.92. The molecule has 0 atom stereocenters. The number of hydrogen-bond acceptors (Lipinski definition) is 5. The lowest BCUT2D eigenvalue weighted by Crippen LogP contribution is -2.32. The summed E-state index contributed by atoms with van der Waals surface area (Å²) in [4.78, 5) is 23.1. The summed E-state index contributed by atoms with van der Waals surface area (Å²) < 4.78 is 16.7. The molecule has 7 heteroatoms. The van der Waals surface area contributed by atoms with Crippen LogP contribution in [0.3, 0.4) is 0 Å². The Morgan fingerprint density at radius 2 is 1.96 bits per heavy atom. The van der Waals surface area contributed by atoms with Gasteiger partial charge in [-0.3, -0.25) is 4.79 Å². The van der Waals surface area contributed by atoms with Gasteiger partial charge in [0, 0.05) is 23.0 Å². The molecule has 1 rings (SSSR count). The molecule has 0 aliphatic rings. The quantitative estimate of drug-likeness (QED) is 0.508. The Morgan fingerprint density at radius 1 is 1.24 bits per heavy atom. The molecule has 25 heavy (non-hydrogen) atoms. The van der Waals surface area contributed by atoms with Gasteiger partial charge in [-0.1, -0.05) is 22.0 Å². The van der Waals surface area contributed by atoms with Gasteiger partial charge in [-0.15, -0.1) is 0 Å². The van der Waals surface area contributed by atoms with E-state index >= 15 is 0 Å². The van der Waals surface area contributed by atoms with Gasteiger partial charge in [-0.05, 0) is 46.2 Å². The molecule has 140 valence electrons. The molecule has 0 radical (unpaired) electrons. The zero-order valence-corrected chi connectivity index (χ0v) is 16.8. The first kappa shape index (κ1) is 21.3. The summed E-state index contributed by atoms with van der Waals surface area (Å²) in [6.07, 6.45) is 0.390. The Hall–Kier alpha value is -1.76. The first-order chi connectivity index (χ1) is 11.7. The van der Waals surface area contributed by atoms with Crippen LogP contribution in [0.5, 0.6) is 5.75 Å². The van der Waals surface area contributed by atoms with Crippen molar-refractivity contribution in [3.63, 3.8) is 0 Å². The van der Waals surface area contributed by atoms with Crippen LogP contribution in [0.15, 0.2) is 22.7 Å². The summed E-state index contributed by atoms with van der Waals surface area (Å²) in [6, 6.07) is 5.57. The van der Waals surface area contributed by atoms with E-state index in [0.717, 1.165) is 10.0 Å². The lowest BCUT2D eigenvalue weighted by atomic mass is 10.2. The second-order valence-electron chi connectivity index (χ2n) is 6.36. The predicted octanol–water partition coefficient (Wildman–Crippen LogP) is 4.20. The first-order valence-corrected chi connectivity index (χ1v) is 9.04. The maximum absolute atomic E-state index is 11.8. The number of alkyl carbamates (subject to hydrolysis) is 1. The van der Waals surface area contributed by atoms with E-state index in [9.17, 15) is 9.59 Å². The summed E-state index contributed by atoms with van der Waals surface area (Å²) in [5.41, 5.74) is 0.279. The molecule has 0 fully saturated rings. The van der Waals surface area contributed by atoms with Crippen LogP contribution in [0.1, 0.15) is 46.1 Å². The molecule has 0 unspecified atom stereocenters. The maximum atomic E-state index is 11.8. The van der Waals surface area contributed by atoms with E-state index in [1.54, 1.807) is 6.92 Å². The minimum atomic E-state index is -0.545. The van der Waals surface area contributed by atoms with Crippen molar-refractivity contribution in [1.29, 1.82) is 0 Å². The third kappa shape index (κ3) is 9.34. The van der Waals surface area contributed by atoms with Crippen molar-refractivity contribution < 1.29 is 23.8 Å². The Kier molecular flexibility index (Phi) is 8.75. The normalized spacial score (nSPS) is 10.9. The highest BCUT2D eigenvalue weighted by Gasteiger charge is 2.16. The minimum Gasteiger partial charge on any atom is -0.493 e. The molecule has 0 aromatic heterocycles. The van der Waals surface area contributed by atoms with E-state index in [-0.39, 0.29) is 12.5 Å². The van der Waals surface area contributed by atoms with Crippen LogP contribution >= 0.6 is 15.9 Å². The summed E-state index contributed by atoms with van der Waals surface area (Å²) in [7, 11) is 0. The molecular weight excluding hydrogens is 390 g/mol. The summed E-state index contributed by atoms with van der Waals surface area (Å²) >= 11 is 3.40. The van der Waals surface area contributed by atoms with Crippen molar-refractivity contribution in [2.75, 3.05) is 13.2 Å². The fraction of sp³-hybridized carbons (Fsp3) is 0.556. The number of carbonyl (C=O) groups excluding carboxylic acids is 2. The number of benzene rings is 1. The molecule has 0 heterocycles. The smallest absolute Gasteiger partial charge is 0.407 e. The SMILES string of the molecule is CCOC(=O)CCCOc1cc(Br)ccc1CNC(=O)OC(C)(C)C. The van der Waals surface area contributed by atoms with E-state index in [1.165, 1.54) is 0 Å². The van der Waals surface area contributed by atoms with Crippen molar-refractivity contribution in [1.82, 2.24) is 5.32 Å². The van der Waals surface area contributed by atoms with Crippen molar-refractivity contribution >= 4 is 28.0 Å². The van der Waals surface area contributed by atoms with Crippen LogP contribution < -0.4 is 10.1 Å². The van der Waals surface area contributed by atoms with Crippen molar-refractivity contribution in [2.45, 2.75) is 52.7 Å². The van der Waals surface area contributed by atoms with Crippen molar-refractivity contribution in [3.8, 4) is 5.75 Å². The van der Waals surface area contributed by atoms with Gasteiger partial charge < -0.3 is 19.5 Å². The Labute approximate surface area is 157 Å². The highest BCUT2D eigenvalue weighted by atomic mass is 79.9. The Morgan fingerprint density at radius 3 is 2.60 bits per heavy atom. The molecule has 1 amide bonds. The van der Waals surface area contributed by atoms with Gasteiger partial charge in [0.1, 0.15) is 11.4 Å². The van der Waals surface area contributed by atoms with Crippen molar-refractivity contribution in [2.24, 2.45) is 0 Å². The van der Waals surface area contributed by atoms with Gasteiger partial charge in [0.15, 0.2) is 0 Å². The zero-order valence-electron chi connectivity index (χ0n) is 15.2. The molecular formula is C18H26BrNO5. The van der Waals surface area contributed by atoms with E-state index in [1.807, 2.05) is 39.0 Å². The number of halogens is 1. The second-order valence-corrected chi connectivity index (χ2v) is 7.28. The average molecular weight is 416 g/mol. The lowest BCUT2D eigenvalue weighted by Gasteiger charge is -2.20. The Balaban J connectivity index is 2.54. The number of amides is 1. The molecule has 0 spiro atoms. The van der Waals surface area contributed by atoms with Gasteiger partial charge >= 0.3 is 12.1 Å². The monoisotopic (exact) mass is 415 g/mol. The molecule has 6 nitrogen and oxygen atoms in total. The Bertz CT molecular complexity index is 583. The van der Waals surface area contributed by atoms with Crippen LogP contribution in [0, 0.1) is 0 Å². The van der Waals surface area contributed by atoms with E-state index in [4.69, 9.17) is 14.2 Å². The van der Waals surface area contributed by atoms with Gasteiger partial charge in [-0.2, -0.15) is 0 Å². The third-order valence-electron chi connectivity index (χ3n) is 2.94. The average Bonchev–Trinajstić information content (AvgIpc) is 2.49.